The molecule has 2 aliphatic rings. The van der Waals surface area contributed by atoms with Crippen molar-refractivity contribution in [1.82, 2.24) is 25.9 Å². The van der Waals surface area contributed by atoms with Crippen molar-refractivity contribution in [3.8, 4) is 5.75 Å². The molecular weight excluding hydrogens is 742 g/mol. The number of aromatic nitrogens is 2. The Morgan fingerprint density at radius 1 is 0.964 bits per heavy atom. The lowest BCUT2D eigenvalue weighted by Gasteiger charge is -2.34. The summed E-state index contributed by atoms with van der Waals surface area (Å²) in [5, 5.41) is 16.3. The number of nitrogens with zero attached hydrogens (tertiary/aromatic N) is 4. The molecule has 16 heteroatoms. The summed E-state index contributed by atoms with van der Waals surface area (Å²) in [5.41, 5.74) is 4.89. The normalized spacial score (nSPS) is 16.4. The minimum atomic E-state index is -3.49. The minimum Gasteiger partial charge on any atom is -0.494 e. The van der Waals surface area contributed by atoms with Crippen molar-refractivity contribution in [2.75, 3.05) is 73.0 Å². The van der Waals surface area contributed by atoms with E-state index < -0.39 is 10.0 Å². The van der Waals surface area contributed by atoms with Crippen molar-refractivity contribution >= 4 is 68.0 Å². The van der Waals surface area contributed by atoms with Gasteiger partial charge in [-0.15, -0.1) is 0 Å². The molecule has 4 aromatic rings. The molecule has 1 aromatic heterocycles. The van der Waals surface area contributed by atoms with E-state index in [-0.39, 0.29) is 28.7 Å². The van der Waals surface area contributed by atoms with Crippen LogP contribution in [0.25, 0.3) is 0 Å². The fraction of sp³-hybridized carbons (Fsp3) is 0.385. The molecule has 0 spiro atoms. The molecule has 3 heterocycles. The standard InChI is InChI=1S/C39H48ClN9O5S/c1-48(55(3,52)53)34-7-5-4-6-32(34)44-37-31(40)25-43-39(47-37)45-33-14-12-29(24-35(33)54-2)49-22-17-28(18-23-49)42-21-20-41-19-16-26-8-10-27(11-9-26)30-13-15-36(50)46-38(30)51/h4-12,14,24-25,28,30,41-42H,13,15-23H2,1-3H3,(H,46,50,51)(H2,43,44,45,47). The Kier molecular flexibility index (Phi) is 13.1. The van der Waals surface area contributed by atoms with E-state index in [1.54, 1.807) is 31.4 Å². The maximum atomic E-state index is 12.2. The number of hydrogen-bond donors (Lipinski definition) is 5. The van der Waals surface area contributed by atoms with Crippen molar-refractivity contribution in [1.29, 1.82) is 0 Å². The number of anilines is 6. The van der Waals surface area contributed by atoms with Crippen molar-refractivity contribution in [3.05, 3.63) is 89.1 Å². The summed E-state index contributed by atoms with van der Waals surface area (Å²) >= 11 is 6.44. The Labute approximate surface area is 327 Å². The quantitative estimate of drug-likeness (QED) is 0.0768. The predicted molar refractivity (Wildman–Crippen MR) is 218 cm³/mol. The number of para-hydroxylation sites is 2. The third-order valence-electron chi connectivity index (χ3n) is 9.98. The highest BCUT2D eigenvalue weighted by molar-refractivity contribution is 7.92. The van der Waals surface area contributed by atoms with Crippen molar-refractivity contribution in [2.24, 2.45) is 0 Å². The Hall–Kier alpha value is -4.96. The zero-order valence-corrected chi connectivity index (χ0v) is 32.8. The molecule has 6 rings (SSSR count). The largest absolute Gasteiger partial charge is 0.494 e. The third kappa shape index (κ3) is 10.4. The van der Waals surface area contributed by atoms with Gasteiger partial charge in [-0.3, -0.25) is 19.2 Å². The number of amides is 2. The lowest BCUT2D eigenvalue weighted by molar-refractivity contribution is -0.134. The van der Waals surface area contributed by atoms with E-state index in [1.807, 2.05) is 24.3 Å². The molecule has 3 aromatic carbocycles. The topological polar surface area (TPSA) is 170 Å². The van der Waals surface area contributed by atoms with Crippen molar-refractivity contribution in [2.45, 2.75) is 44.1 Å². The number of nitrogens with one attached hydrogen (secondary N) is 5. The maximum absolute atomic E-state index is 12.2. The van der Waals surface area contributed by atoms with Crippen LogP contribution < -0.4 is 40.5 Å². The molecule has 1 unspecified atom stereocenters. The minimum absolute atomic E-state index is 0.191. The smallest absolute Gasteiger partial charge is 0.234 e. The lowest BCUT2D eigenvalue weighted by Crippen LogP contribution is -2.44. The van der Waals surface area contributed by atoms with Gasteiger partial charge in [-0.1, -0.05) is 48.0 Å². The summed E-state index contributed by atoms with van der Waals surface area (Å²) in [6, 6.07) is 21.6. The molecule has 14 nitrogen and oxygen atoms in total. The monoisotopic (exact) mass is 789 g/mol. The van der Waals surface area contributed by atoms with E-state index in [2.05, 4.69) is 59.7 Å². The van der Waals surface area contributed by atoms with Crippen LogP contribution >= 0.6 is 11.6 Å². The summed E-state index contributed by atoms with van der Waals surface area (Å²) in [4.78, 5) is 34.9. The van der Waals surface area contributed by atoms with Crippen LogP contribution in [-0.2, 0) is 26.0 Å². The number of carbonyl (C=O) groups is 2. The average molecular weight is 790 g/mol. The molecule has 0 saturated carbocycles. The molecule has 292 valence electrons. The van der Waals surface area contributed by atoms with Crippen LogP contribution in [0.15, 0.2) is 72.9 Å². The summed E-state index contributed by atoms with van der Waals surface area (Å²) in [7, 11) is -0.382. The van der Waals surface area contributed by atoms with Crippen molar-refractivity contribution < 1.29 is 22.7 Å². The number of ether oxygens (including phenoxy) is 1. The zero-order chi connectivity index (χ0) is 39.0. The van der Waals surface area contributed by atoms with E-state index in [1.165, 1.54) is 23.1 Å². The maximum Gasteiger partial charge on any atom is 0.234 e. The lowest BCUT2D eigenvalue weighted by atomic mass is 9.90. The Morgan fingerprint density at radius 2 is 1.73 bits per heavy atom. The molecule has 5 N–H and O–H groups in total. The first kappa shape index (κ1) is 39.7. The molecular formula is C39H48ClN9O5S. The fourth-order valence-corrected chi connectivity index (χ4v) is 7.42. The molecule has 2 aliphatic heterocycles. The van der Waals surface area contributed by atoms with Crippen LogP contribution in [0.2, 0.25) is 5.02 Å². The van der Waals surface area contributed by atoms with E-state index >= 15 is 0 Å². The van der Waals surface area contributed by atoms with Gasteiger partial charge in [0.15, 0.2) is 5.82 Å². The number of piperidine rings is 2. The predicted octanol–water partition coefficient (Wildman–Crippen LogP) is 4.93. The number of carbonyl (C=O) groups excluding carboxylic acids is 2. The molecule has 2 amide bonds. The van der Waals surface area contributed by atoms with Gasteiger partial charge in [0.1, 0.15) is 10.8 Å². The molecule has 1 atom stereocenters. The summed E-state index contributed by atoms with van der Waals surface area (Å²) in [5.74, 6) is 0.597. The molecule has 2 saturated heterocycles. The van der Waals surface area contributed by atoms with Gasteiger partial charge < -0.3 is 30.9 Å². The van der Waals surface area contributed by atoms with E-state index in [0.717, 1.165) is 69.5 Å². The Morgan fingerprint density at radius 3 is 2.45 bits per heavy atom. The first-order valence-corrected chi connectivity index (χ1v) is 20.6. The van der Waals surface area contributed by atoms with Crippen LogP contribution in [0.3, 0.4) is 0 Å². The second-order valence-corrected chi connectivity index (χ2v) is 16.2. The van der Waals surface area contributed by atoms with Crippen LogP contribution in [0, 0.1) is 0 Å². The number of hydrogen-bond acceptors (Lipinski definition) is 12. The Bertz CT molecular complexity index is 2080. The van der Waals surface area contributed by atoms with Crippen LogP contribution in [0.4, 0.5) is 34.5 Å². The van der Waals surface area contributed by atoms with Gasteiger partial charge in [-0.05, 0) is 67.6 Å². The number of sulfonamides is 1. The van der Waals surface area contributed by atoms with E-state index in [9.17, 15) is 18.0 Å². The second kappa shape index (κ2) is 18.1. The van der Waals surface area contributed by atoms with Gasteiger partial charge in [-0.2, -0.15) is 4.98 Å². The highest BCUT2D eigenvalue weighted by atomic mass is 35.5. The molecule has 0 radical (unpaired) electrons. The molecule has 0 bridgehead atoms. The Balaban J connectivity index is 0.943. The zero-order valence-electron chi connectivity index (χ0n) is 31.3. The second-order valence-electron chi connectivity index (χ2n) is 13.7. The summed E-state index contributed by atoms with van der Waals surface area (Å²) in [6.45, 7) is 4.47. The first-order valence-electron chi connectivity index (χ1n) is 18.4. The first-order chi connectivity index (χ1) is 26.5. The fourth-order valence-electron chi connectivity index (χ4n) is 6.77. The van der Waals surface area contributed by atoms with E-state index in [4.69, 9.17) is 16.3 Å². The number of methoxy groups -OCH3 is 1. The molecule has 0 aliphatic carbocycles. The number of halogens is 1. The summed E-state index contributed by atoms with van der Waals surface area (Å²) < 4.78 is 31.4. The van der Waals surface area contributed by atoms with Gasteiger partial charge in [0.25, 0.3) is 0 Å². The molecule has 55 heavy (non-hydrogen) atoms. The highest BCUT2D eigenvalue weighted by Gasteiger charge is 2.28. The van der Waals surface area contributed by atoms with E-state index in [0.29, 0.717) is 47.5 Å². The van der Waals surface area contributed by atoms with Crippen LogP contribution in [-0.4, -0.2) is 89.4 Å². The van der Waals surface area contributed by atoms with Gasteiger partial charge in [0.2, 0.25) is 27.8 Å². The third-order valence-corrected chi connectivity index (χ3v) is 11.4. The number of rotatable bonds is 16. The van der Waals surface area contributed by atoms with Gasteiger partial charge in [-0.25, -0.2) is 13.4 Å². The van der Waals surface area contributed by atoms with Crippen molar-refractivity contribution in [3.63, 3.8) is 0 Å². The van der Waals surface area contributed by atoms with Gasteiger partial charge >= 0.3 is 0 Å². The SMILES string of the molecule is COc1cc(N2CCC(NCCNCCc3ccc(C4CCC(=O)NC4=O)cc3)CC2)ccc1Nc1ncc(Cl)c(Nc2ccccc2N(C)S(C)(=O)=O)n1. The number of imide groups is 1. The average Bonchev–Trinajstić information content (AvgIpc) is 3.18. The van der Waals surface area contributed by atoms with Crippen LogP contribution in [0.1, 0.15) is 42.7 Å². The van der Waals surface area contributed by atoms with Gasteiger partial charge in [0.05, 0.1) is 42.5 Å². The highest BCUT2D eigenvalue weighted by Crippen LogP contribution is 2.35. The summed E-state index contributed by atoms with van der Waals surface area (Å²) in [6.07, 6.45) is 6.53. The van der Waals surface area contributed by atoms with Crippen LogP contribution in [0.5, 0.6) is 5.75 Å². The molecule has 2 fully saturated rings. The number of benzene rings is 3. The van der Waals surface area contributed by atoms with Gasteiger partial charge in [0, 0.05) is 57.4 Å².